The van der Waals surface area contributed by atoms with E-state index < -0.39 is 16.3 Å². The second kappa shape index (κ2) is 6.18. The molecule has 6 nitrogen and oxygen atoms in total. The van der Waals surface area contributed by atoms with Crippen molar-refractivity contribution in [2.24, 2.45) is 5.41 Å². The maximum atomic E-state index is 11.5. The number of carbonyl (C=O) groups is 1. The number of carbonyl (C=O) groups excluding carboxylic acids is 1. The standard InChI is InChI=1S/C12H14INO5/c1-12(2,11(15)18-3)7-19-10-5-4-8(13)6-9(10)14(16)17/h4-6H,7H2,1-3H3. The molecule has 0 aliphatic heterocycles. The molecular weight excluding hydrogens is 365 g/mol. The van der Waals surface area contributed by atoms with E-state index in [1.807, 2.05) is 22.6 Å². The van der Waals surface area contributed by atoms with E-state index in [1.54, 1.807) is 19.9 Å². The van der Waals surface area contributed by atoms with Crippen LogP contribution in [0, 0.1) is 19.1 Å². The largest absolute Gasteiger partial charge is 0.486 e. The van der Waals surface area contributed by atoms with E-state index >= 15 is 0 Å². The first kappa shape index (κ1) is 15.7. The van der Waals surface area contributed by atoms with Gasteiger partial charge < -0.3 is 9.47 Å². The fraction of sp³-hybridized carbons (Fsp3) is 0.417. The van der Waals surface area contributed by atoms with Gasteiger partial charge in [-0.05, 0) is 48.6 Å². The van der Waals surface area contributed by atoms with Crippen molar-refractivity contribution in [3.05, 3.63) is 31.9 Å². The van der Waals surface area contributed by atoms with Crippen LogP contribution in [0.15, 0.2) is 18.2 Å². The molecule has 0 saturated carbocycles. The normalized spacial score (nSPS) is 10.9. The van der Waals surface area contributed by atoms with E-state index in [4.69, 9.17) is 4.74 Å². The first-order chi connectivity index (χ1) is 8.77. The minimum atomic E-state index is -0.869. The molecule has 0 radical (unpaired) electrons. The van der Waals surface area contributed by atoms with Gasteiger partial charge in [-0.2, -0.15) is 0 Å². The van der Waals surface area contributed by atoms with Crippen molar-refractivity contribution < 1.29 is 19.2 Å². The van der Waals surface area contributed by atoms with Crippen LogP contribution in [0.4, 0.5) is 5.69 Å². The van der Waals surface area contributed by atoms with Gasteiger partial charge in [-0.25, -0.2) is 0 Å². The lowest BCUT2D eigenvalue weighted by Crippen LogP contribution is -2.32. The monoisotopic (exact) mass is 379 g/mol. The molecule has 19 heavy (non-hydrogen) atoms. The van der Waals surface area contributed by atoms with Crippen LogP contribution in [0.5, 0.6) is 5.75 Å². The number of nitro benzene ring substituents is 1. The Kier molecular flexibility index (Phi) is 5.10. The van der Waals surface area contributed by atoms with Gasteiger partial charge in [0.1, 0.15) is 6.61 Å². The number of nitrogens with zero attached hydrogens (tertiary/aromatic N) is 1. The lowest BCUT2D eigenvalue weighted by molar-refractivity contribution is -0.386. The van der Waals surface area contributed by atoms with Crippen molar-refractivity contribution in [2.45, 2.75) is 13.8 Å². The Morgan fingerprint density at radius 3 is 2.63 bits per heavy atom. The summed E-state index contributed by atoms with van der Waals surface area (Å²) in [7, 11) is 1.29. The maximum absolute atomic E-state index is 11.5. The summed E-state index contributed by atoms with van der Waals surface area (Å²) in [5.41, 5.74) is -0.987. The maximum Gasteiger partial charge on any atom is 0.314 e. The zero-order chi connectivity index (χ0) is 14.6. The number of nitro groups is 1. The van der Waals surface area contributed by atoms with Crippen LogP contribution in [0.3, 0.4) is 0 Å². The number of methoxy groups -OCH3 is 1. The minimum Gasteiger partial charge on any atom is -0.486 e. The lowest BCUT2D eigenvalue weighted by Gasteiger charge is -2.21. The van der Waals surface area contributed by atoms with Gasteiger partial charge >= 0.3 is 11.7 Å². The Labute approximate surface area is 124 Å². The molecule has 0 fully saturated rings. The van der Waals surface area contributed by atoms with Crippen molar-refractivity contribution in [3.63, 3.8) is 0 Å². The third kappa shape index (κ3) is 4.05. The smallest absolute Gasteiger partial charge is 0.314 e. The van der Waals surface area contributed by atoms with Gasteiger partial charge in [0.05, 0.1) is 17.4 Å². The Bertz CT molecular complexity index is 501. The highest BCUT2D eigenvalue weighted by atomic mass is 127. The molecule has 0 spiro atoms. The Balaban J connectivity index is 2.89. The summed E-state index contributed by atoms with van der Waals surface area (Å²) in [4.78, 5) is 21.9. The minimum absolute atomic E-state index is 0.00110. The van der Waals surface area contributed by atoms with Gasteiger partial charge in [0.25, 0.3) is 0 Å². The molecule has 1 rings (SSSR count). The third-order valence-electron chi connectivity index (χ3n) is 2.44. The Morgan fingerprint density at radius 1 is 1.47 bits per heavy atom. The first-order valence-electron chi connectivity index (χ1n) is 5.43. The molecule has 1 aromatic rings. The fourth-order valence-corrected chi connectivity index (χ4v) is 1.82. The zero-order valence-electron chi connectivity index (χ0n) is 10.8. The predicted molar refractivity (Wildman–Crippen MR) is 77.1 cm³/mol. The average molecular weight is 379 g/mol. The molecule has 1 aromatic carbocycles. The topological polar surface area (TPSA) is 78.7 Å². The SMILES string of the molecule is COC(=O)C(C)(C)COc1ccc(I)cc1[N+](=O)[O-]. The molecule has 0 atom stereocenters. The van der Waals surface area contributed by atoms with Gasteiger partial charge in [-0.3, -0.25) is 14.9 Å². The zero-order valence-corrected chi connectivity index (χ0v) is 13.0. The summed E-state index contributed by atoms with van der Waals surface area (Å²) in [6.45, 7) is 3.30. The quantitative estimate of drug-likeness (QED) is 0.340. The number of benzene rings is 1. The molecule has 0 heterocycles. The van der Waals surface area contributed by atoms with Crippen LogP contribution >= 0.6 is 22.6 Å². The van der Waals surface area contributed by atoms with Crippen LogP contribution in [0.2, 0.25) is 0 Å². The number of hydrogen-bond donors (Lipinski definition) is 0. The van der Waals surface area contributed by atoms with Crippen molar-refractivity contribution in [1.82, 2.24) is 0 Å². The molecule has 0 unspecified atom stereocenters. The van der Waals surface area contributed by atoms with E-state index in [0.717, 1.165) is 3.57 Å². The molecule has 0 amide bonds. The molecule has 0 N–H and O–H groups in total. The van der Waals surface area contributed by atoms with Crippen molar-refractivity contribution >= 4 is 34.2 Å². The fourth-order valence-electron chi connectivity index (χ4n) is 1.35. The van der Waals surface area contributed by atoms with Gasteiger partial charge in [-0.15, -0.1) is 0 Å². The average Bonchev–Trinajstić information content (AvgIpc) is 2.36. The van der Waals surface area contributed by atoms with Crippen LogP contribution in [0.25, 0.3) is 0 Å². The van der Waals surface area contributed by atoms with Crippen LogP contribution in [-0.2, 0) is 9.53 Å². The molecule has 0 aliphatic rings. The second-order valence-corrected chi connectivity index (χ2v) is 5.78. The van der Waals surface area contributed by atoms with Crippen LogP contribution < -0.4 is 4.74 Å². The van der Waals surface area contributed by atoms with Crippen molar-refractivity contribution in [1.29, 1.82) is 0 Å². The van der Waals surface area contributed by atoms with Crippen LogP contribution in [0.1, 0.15) is 13.8 Å². The number of ether oxygens (including phenoxy) is 2. The summed E-state index contributed by atoms with van der Waals surface area (Å²) < 4.78 is 10.8. The Morgan fingerprint density at radius 2 is 2.11 bits per heavy atom. The number of rotatable bonds is 5. The summed E-state index contributed by atoms with van der Waals surface area (Å²) >= 11 is 1.98. The molecule has 0 aromatic heterocycles. The number of hydrogen-bond acceptors (Lipinski definition) is 5. The molecule has 0 aliphatic carbocycles. The third-order valence-corrected chi connectivity index (χ3v) is 3.12. The molecule has 0 saturated heterocycles. The van der Waals surface area contributed by atoms with Crippen molar-refractivity contribution in [2.75, 3.05) is 13.7 Å². The van der Waals surface area contributed by atoms with Gasteiger partial charge in [-0.1, -0.05) is 0 Å². The molecular formula is C12H14INO5. The summed E-state index contributed by atoms with van der Waals surface area (Å²) in [5.74, 6) is -0.289. The van der Waals surface area contributed by atoms with Crippen LogP contribution in [-0.4, -0.2) is 24.6 Å². The highest BCUT2D eigenvalue weighted by Gasteiger charge is 2.30. The second-order valence-electron chi connectivity index (χ2n) is 4.53. The Hall–Kier alpha value is -1.38. The summed E-state index contributed by atoms with van der Waals surface area (Å²) in [6, 6.07) is 4.64. The molecule has 0 bridgehead atoms. The highest BCUT2D eigenvalue weighted by molar-refractivity contribution is 14.1. The lowest BCUT2D eigenvalue weighted by atomic mass is 9.95. The van der Waals surface area contributed by atoms with Gasteiger partial charge in [0.2, 0.25) is 0 Å². The summed E-state index contributed by atoms with van der Waals surface area (Å²) in [6.07, 6.45) is 0. The van der Waals surface area contributed by atoms with Gasteiger partial charge in [0.15, 0.2) is 5.75 Å². The van der Waals surface area contributed by atoms with E-state index in [0.29, 0.717) is 0 Å². The van der Waals surface area contributed by atoms with Crippen molar-refractivity contribution in [3.8, 4) is 5.75 Å². The molecule has 7 heteroatoms. The summed E-state index contributed by atoms with van der Waals surface area (Å²) in [5, 5.41) is 10.9. The number of halogens is 1. The van der Waals surface area contributed by atoms with E-state index in [2.05, 4.69) is 4.74 Å². The van der Waals surface area contributed by atoms with E-state index in [9.17, 15) is 14.9 Å². The van der Waals surface area contributed by atoms with E-state index in [-0.39, 0.29) is 18.0 Å². The van der Waals surface area contributed by atoms with E-state index in [1.165, 1.54) is 19.2 Å². The van der Waals surface area contributed by atoms with Gasteiger partial charge in [0, 0.05) is 9.64 Å². The number of esters is 1. The first-order valence-corrected chi connectivity index (χ1v) is 6.51. The molecule has 104 valence electrons. The predicted octanol–water partition coefficient (Wildman–Crippen LogP) is 2.78. The highest BCUT2D eigenvalue weighted by Crippen LogP contribution is 2.30.